The minimum atomic E-state index is -1.02. The van der Waals surface area contributed by atoms with Crippen LogP contribution in [0.3, 0.4) is 0 Å². The van der Waals surface area contributed by atoms with Crippen molar-refractivity contribution < 1.29 is 18.6 Å². The highest BCUT2D eigenvalue weighted by molar-refractivity contribution is 5.34. The van der Waals surface area contributed by atoms with Crippen molar-refractivity contribution in [2.75, 3.05) is 13.7 Å². The molecule has 1 N–H and O–H groups in total. The van der Waals surface area contributed by atoms with Crippen LogP contribution < -0.4 is 4.74 Å². The molecule has 0 amide bonds. The second-order valence-corrected chi connectivity index (χ2v) is 3.99. The van der Waals surface area contributed by atoms with E-state index >= 15 is 0 Å². The van der Waals surface area contributed by atoms with E-state index in [0.717, 1.165) is 0 Å². The van der Waals surface area contributed by atoms with Gasteiger partial charge in [0.25, 0.3) is 0 Å². The largest absolute Gasteiger partial charge is 0.494 e. The first-order valence-electron chi connectivity index (χ1n) is 4.57. The molecule has 1 aromatic rings. The smallest absolute Gasteiger partial charge is 0.200 e. The van der Waals surface area contributed by atoms with E-state index < -0.39 is 17.0 Å². The molecule has 0 aromatic heterocycles. The quantitative estimate of drug-likeness (QED) is 0.839. The molecule has 2 nitrogen and oxygen atoms in total. The zero-order chi connectivity index (χ0) is 11.6. The monoisotopic (exact) mass is 216 g/mol. The lowest BCUT2D eigenvalue weighted by Crippen LogP contribution is -2.24. The minimum Gasteiger partial charge on any atom is -0.494 e. The lowest BCUT2D eigenvalue weighted by Gasteiger charge is -2.23. The van der Waals surface area contributed by atoms with E-state index in [0.29, 0.717) is 0 Å². The number of aliphatic hydroxyl groups is 1. The zero-order valence-corrected chi connectivity index (χ0v) is 8.97. The fraction of sp³-hybridized carbons (Fsp3) is 0.455. The van der Waals surface area contributed by atoms with E-state index in [-0.39, 0.29) is 17.9 Å². The number of ether oxygens (including phenoxy) is 1. The van der Waals surface area contributed by atoms with Crippen molar-refractivity contribution in [2.24, 2.45) is 0 Å². The van der Waals surface area contributed by atoms with Crippen molar-refractivity contribution in [3.63, 3.8) is 0 Å². The molecule has 0 radical (unpaired) electrons. The lowest BCUT2D eigenvalue weighted by molar-refractivity contribution is 0.213. The first kappa shape index (κ1) is 11.9. The Hall–Kier alpha value is -1.16. The fourth-order valence-corrected chi connectivity index (χ4v) is 1.30. The SMILES string of the molecule is COc1ccc(C(C)(C)CO)c(F)c1F. The van der Waals surface area contributed by atoms with Gasteiger partial charge in [0.2, 0.25) is 5.82 Å². The van der Waals surface area contributed by atoms with Crippen LogP contribution in [0.15, 0.2) is 12.1 Å². The number of hydrogen-bond donors (Lipinski definition) is 1. The van der Waals surface area contributed by atoms with Gasteiger partial charge < -0.3 is 9.84 Å². The van der Waals surface area contributed by atoms with Crippen molar-refractivity contribution >= 4 is 0 Å². The Kier molecular flexibility index (Phi) is 3.29. The van der Waals surface area contributed by atoms with Gasteiger partial charge in [-0.25, -0.2) is 4.39 Å². The molecule has 0 saturated carbocycles. The summed E-state index contributed by atoms with van der Waals surface area (Å²) in [5.41, 5.74) is -0.666. The topological polar surface area (TPSA) is 29.5 Å². The van der Waals surface area contributed by atoms with Gasteiger partial charge in [0, 0.05) is 5.41 Å². The van der Waals surface area contributed by atoms with Gasteiger partial charge in [0.15, 0.2) is 11.6 Å². The Balaban J connectivity index is 3.29. The average molecular weight is 216 g/mol. The molecule has 1 aromatic carbocycles. The van der Waals surface area contributed by atoms with Crippen LogP contribution in [0.1, 0.15) is 19.4 Å². The van der Waals surface area contributed by atoms with E-state index in [1.54, 1.807) is 13.8 Å². The first-order chi connectivity index (χ1) is 6.94. The van der Waals surface area contributed by atoms with Gasteiger partial charge in [-0.2, -0.15) is 4.39 Å². The summed E-state index contributed by atoms with van der Waals surface area (Å²) in [6.07, 6.45) is 0. The molecular weight excluding hydrogens is 202 g/mol. The van der Waals surface area contributed by atoms with Crippen LogP contribution in [0.4, 0.5) is 8.78 Å². The number of benzene rings is 1. The molecule has 0 heterocycles. The summed E-state index contributed by atoms with van der Waals surface area (Å²) in [7, 11) is 1.27. The minimum absolute atomic E-state index is 0.134. The molecule has 15 heavy (non-hydrogen) atoms. The highest BCUT2D eigenvalue weighted by Gasteiger charge is 2.26. The van der Waals surface area contributed by atoms with Crippen LogP contribution in [-0.2, 0) is 5.41 Å². The predicted octanol–water partition coefficient (Wildman–Crippen LogP) is 2.24. The standard InChI is InChI=1S/C11H14F2O2/c1-11(2,6-14)7-4-5-8(15-3)10(13)9(7)12/h4-5,14H,6H2,1-3H3. The number of aliphatic hydroxyl groups excluding tert-OH is 1. The second kappa shape index (κ2) is 4.14. The Morgan fingerprint density at radius 3 is 2.33 bits per heavy atom. The fourth-order valence-electron chi connectivity index (χ4n) is 1.30. The zero-order valence-electron chi connectivity index (χ0n) is 8.97. The van der Waals surface area contributed by atoms with Gasteiger partial charge >= 0.3 is 0 Å². The Bertz CT molecular complexity index is 362. The van der Waals surface area contributed by atoms with E-state index in [4.69, 9.17) is 5.11 Å². The van der Waals surface area contributed by atoms with Crippen molar-refractivity contribution in [1.82, 2.24) is 0 Å². The second-order valence-electron chi connectivity index (χ2n) is 3.99. The maximum atomic E-state index is 13.6. The van der Waals surface area contributed by atoms with Gasteiger partial charge in [-0.05, 0) is 11.6 Å². The summed E-state index contributed by atoms with van der Waals surface area (Å²) >= 11 is 0. The van der Waals surface area contributed by atoms with E-state index in [2.05, 4.69) is 4.74 Å². The van der Waals surface area contributed by atoms with Crippen molar-refractivity contribution in [2.45, 2.75) is 19.3 Å². The number of halogens is 2. The summed E-state index contributed by atoms with van der Waals surface area (Å²) in [4.78, 5) is 0. The van der Waals surface area contributed by atoms with Crippen LogP contribution in [0.25, 0.3) is 0 Å². The van der Waals surface area contributed by atoms with Crippen LogP contribution >= 0.6 is 0 Å². The Morgan fingerprint density at radius 1 is 1.27 bits per heavy atom. The predicted molar refractivity (Wildman–Crippen MR) is 53.0 cm³/mol. The molecule has 0 saturated heterocycles. The van der Waals surface area contributed by atoms with Crippen molar-refractivity contribution in [3.05, 3.63) is 29.3 Å². The van der Waals surface area contributed by atoms with Gasteiger partial charge in [-0.15, -0.1) is 0 Å². The maximum absolute atomic E-state index is 13.6. The molecule has 0 unspecified atom stereocenters. The number of methoxy groups -OCH3 is 1. The van der Waals surface area contributed by atoms with Crippen molar-refractivity contribution in [3.8, 4) is 5.75 Å². The third kappa shape index (κ3) is 2.09. The molecular formula is C11H14F2O2. The first-order valence-corrected chi connectivity index (χ1v) is 4.57. The van der Waals surface area contributed by atoms with Crippen LogP contribution in [0.5, 0.6) is 5.75 Å². The molecule has 0 aliphatic heterocycles. The van der Waals surface area contributed by atoms with E-state index in [1.807, 2.05) is 0 Å². The summed E-state index contributed by atoms with van der Waals surface area (Å²) in [6, 6.07) is 2.78. The van der Waals surface area contributed by atoms with Gasteiger partial charge in [-0.1, -0.05) is 19.9 Å². The molecule has 0 fully saturated rings. The van der Waals surface area contributed by atoms with Crippen LogP contribution in [0, 0.1) is 11.6 Å². The maximum Gasteiger partial charge on any atom is 0.200 e. The summed E-state index contributed by atoms with van der Waals surface area (Å²) in [5.74, 6) is -2.12. The molecule has 0 bridgehead atoms. The Morgan fingerprint density at radius 2 is 1.87 bits per heavy atom. The number of hydrogen-bond acceptors (Lipinski definition) is 2. The summed E-state index contributed by atoms with van der Waals surface area (Å²) in [6.45, 7) is 3.02. The van der Waals surface area contributed by atoms with Gasteiger partial charge in [0.05, 0.1) is 13.7 Å². The van der Waals surface area contributed by atoms with Gasteiger partial charge in [0.1, 0.15) is 0 Å². The lowest BCUT2D eigenvalue weighted by atomic mass is 9.85. The summed E-state index contributed by atoms with van der Waals surface area (Å²) in [5, 5.41) is 9.07. The third-order valence-electron chi connectivity index (χ3n) is 2.39. The molecule has 0 atom stereocenters. The van der Waals surface area contributed by atoms with E-state index in [1.165, 1.54) is 19.2 Å². The molecule has 0 aliphatic carbocycles. The molecule has 4 heteroatoms. The normalized spacial score (nSPS) is 11.6. The van der Waals surface area contributed by atoms with Gasteiger partial charge in [-0.3, -0.25) is 0 Å². The van der Waals surface area contributed by atoms with Crippen LogP contribution in [-0.4, -0.2) is 18.8 Å². The molecule has 0 aliphatic rings. The summed E-state index contributed by atoms with van der Waals surface area (Å²) < 4.78 is 31.6. The number of rotatable bonds is 3. The highest BCUT2D eigenvalue weighted by atomic mass is 19.2. The highest BCUT2D eigenvalue weighted by Crippen LogP contribution is 2.30. The third-order valence-corrected chi connectivity index (χ3v) is 2.39. The average Bonchev–Trinajstić information content (AvgIpc) is 2.21. The van der Waals surface area contributed by atoms with E-state index in [9.17, 15) is 8.78 Å². The van der Waals surface area contributed by atoms with Crippen molar-refractivity contribution in [1.29, 1.82) is 0 Å². The Labute approximate surface area is 87.5 Å². The van der Waals surface area contributed by atoms with Crippen LogP contribution in [0.2, 0.25) is 0 Å². The molecule has 1 rings (SSSR count). The molecule has 0 spiro atoms. The molecule has 84 valence electrons.